The standard InChI is InChI=1S/C61H39N7/c1-5-18-40(19-6-1)41-32-34-47(35-33-41)67-54-30-15-13-28-48(54)50-36-37-51-49-29-14-16-31-55(49)68(57(51)56(50)67)61-65-59(44-24-11-4-12-25-44)64-60(66-61)46-27-17-26-45(38-46)53-39-52(42-20-7-2-8-21-42)62-58(63-53)43-22-9-3-10-23-43/h1-39H. The highest BCUT2D eigenvalue weighted by Crippen LogP contribution is 2.42. The van der Waals surface area contributed by atoms with Crippen LogP contribution >= 0.6 is 0 Å². The van der Waals surface area contributed by atoms with E-state index in [2.05, 4.69) is 173 Å². The second kappa shape index (κ2) is 16.3. The lowest BCUT2D eigenvalue weighted by atomic mass is 10.0. The van der Waals surface area contributed by atoms with Gasteiger partial charge >= 0.3 is 0 Å². The first-order chi connectivity index (χ1) is 33.7. The number of benzene rings is 9. The van der Waals surface area contributed by atoms with Crippen molar-refractivity contribution >= 4 is 43.6 Å². The zero-order valence-electron chi connectivity index (χ0n) is 36.6. The predicted octanol–water partition coefficient (Wildman–Crippen LogP) is 14.9. The van der Waals surface area contributed by atoms with Crippen LogP contribution in [0.5, 0.6) is 0 Å². The molecule has 13 rings (SSSR count). The minimum atomic E-state index is 0.522. The fraction of sp³-hybridized carbons (Fsp3) is 0. The number of rotatable bonds is 8. The molecule has 7 heteroatoms. The highest BCUT2D eigenvalue weighted by molar-refractivity contribution is 6.23. The number of nitrogens with zero attached hydrogens (tertiary/aromatic N) is 7. The summed E-state index contributed by atoms with van der Waals surface area (Å²) in [6.45, 7) is 0. The first kappa shape index (κ1) is 39.1. The maximum absolute atomic E-state index is 5.44. The molecule has 0 fully saturated rings. The van der Waals surface area contributed by atoms with Crippen molar-refractivity contribution in [3.63, 3.8) is 0 Å². The molecule has 0 aliphatic rings. The molecule has 0 atom stereocenters. The van der Waals surface area contributed by atoms with E-state index in [1.807, 2.05) is 72.8 Å². The largest absolute Gasteiger partial charge is 0.307 e. The molecule has 0 saturated heterocycles. The average molecular weight is 870 g/mol. The van der Waals surface area contributed by atoms with Crippen LogP contribution in [0.4, 0.5) is 0 Å². The van der Waals surface area contributed by atoms with Gasteiger partial charge in [-0.25, -0.2) is 15.0 Å². The van der Waals surface area contributed by atoms with E-state index in [0.717, 1.165) is 88.7 Å². The summed E-state index contributed by atoms with van der Waals surface area (Å²) in [6, 6.07) is 82.1. The minimum Gasteiger partial charge on any atom is -0.307 e. The highest BCUT2D eigenvalue weighted by atomic mass is 15.2. The SMILES string of the molecule is c1ccc(-c2ccc(-n3c4ccccc4c4ccc5c6ccccc6n(-c6nc(-c7ccccc7)nc(-c7cccc(-c8cc(-c9ccccc9)nc(-c9ccccc9)n8)c7)n6)c5c43)cc2)cc1. The molecule has 4 aromatic heterocycles. The summed E-state index contributed by atoms with van der Waals surface area (Å²) in [4.78, 5) is 26.2. The lowest BCUT2D eigenvalue weighted by molar-refractivity contribution is 0.953. The minimum absolute atomic E-state index is 0.522. The summed E-state index contributed by atoms with van der Waals surface area (Å²) in [5.74, 6) is 2.30. The molecule has 9 aromatic carbocycles. The van der Waals surface area contributed by atoms with Gasteiger partial charge in [-0.2, -0.15) is 9.97 Å². The van der Waals surface area contributed by atoms with Gasteiger partial charge in [-0.15, -0.1) is 0 Å². The van der Waals surface area contributed by atoms with E-state index in [9.17, 15) is 0 Å². The molecular formula is C61H39N7. The van der Waals surface area contributed by atoms with Gasteiger partial charge in [-0.05, 0) is 47.5 Å². The van der Waals surface area contributed by atoms with Crippen LogP contribution in [-0.2, 0) is 0 Å². The van der Waals surface area contributed by atoms with Gasteiger partial charge < -0.3 is 4.57 Å². The highest BCUT2D eigenvalue weighted by Gasteiger charge is 2.24. The Morgan fingerprint density at radius 3 is 1.28 bits per heavy atom. The van der Waals surface area contributed by atoms with Crippen LogP contribution in [0, 0.1) is 0 Å². The molecule has 0 aliphatic carbocycles. The second-order valence-electron chi connectivity index (χ2n) is 16.9. The molecule has 0 aliphatic heterocycles. The molecule has 0 spiro atoms. The average Bonchev–Trinajstić information content (AvgIpc) is 3.95. The van der Waals surface area contributed by atoms with Crippen molar-refractivity contribution in [2.75, 3.05) is 0 Å². The van der Waals surface area contributed by atoms with Crippen molar-refractivity contribution in [2.24, 2.45) is 0 Å². The number of hydrogen-bond donors (Lipinski definition) is 0. The van der Waals surface area contributed by atoms with Gasteiger partial charge in [0.1, 0.15) is 0 Å². The monoisotopic (exact) mass is 869 g/mol. The Hall–Kier alpha value is -9.33. The fourth-order valence-corrected chi connectivity index (χ4v) is 9.61. The topological polar surface area (TPSA) is 74.3 Å². The third kappa shape index (κ3) is 6.72. The van der Waals surface area contributed by atoms with Crippen molar-refractivity contribution in [3.8, 4) is 79.4 Å². The van der Waals surface area contributed by atoms with Crippen LogP contribution in [0.1, 0.15) is 0 Å². The van der Waals surface area contributed by atoms with Gasteiger partial charge in [0.2, 0.25) is 5.95 Å². The molecule has 0 radical (unpaired) electrons. The molecule has 0 amide bonds. The Kier molecular flexibility index (Phi) is 9.35. The van der Waals surface area contributed by atoms with Crippen LogP contribution in [0.25, 0.3) is 123 Å². The summed E-state index contributed by atoms with van der Waals surface area (Å²) >= 11 is 0. The van der Waals surface area contributed by atoms with Crippen molar-refractivity contribution < 1.29 is 0 Å². The molecule has 0 N–H and O–H groups in total. The summed E-state index contributed by atoms with van der Waals surface area (Å²) in [6.07, 6.45) is 0. The van der Waals surface area contributed by atoms with Crippen LogP contribution in [0.3, 0.4) is 0 Å². The maximum Gasteiger partial charge on any atom is 0.238 e. The summed E-state index contributed by atoms with van der Waals surface area (Å²) in [7, 11) is 0. The fourth-order valence-electron chi connectivity index (χ4n) is 9.61. The number of hydrogen-bond acceptors (Lipinski definition) is 5. The van der Waals surface area contributed by atoms with Crippen LogP contribution in [0.15, 0.2) is 237 Å². The molecular weight excluding hydrogens is 831 g/mol. The van der Waals surface area contributed by atoms with E-state index in [-0.39, 0.29) is 0 Å². The molecule has 13 aromatic rings. The summed E-state index contributed by atoms with van der Waals surface area (Å²) in [5.41, 5.74) is 13.9. The van der Waals surface area contributed by atoms with E-state index in [4.69, 9.17) is 24.9 Å². The lowest BCUT2D eigenvalue weighted by Gasteiger charge is -2.14. The number of aromatic nitrogens is 7. The zero-order valence-corrected chi connectivity index (χ0v) is 36.6. The molecule has 0 bridgehead atoms. The van der Waals surface area contributed by atoms with Crippen molar-refractivity contribution in [1.29, 1.82) is 0 Å². The zero-order chi connectivity index (χ0) is 45.0. The van der Waals surface area contributed by atoms with E-state index in [1.165, 1.54) is 10.9 Å². The maximum atomic E-state index is 5.44. The Labute approximate surface area is 392 Å². The summed E-state index contributed by atoms with van der Waals surface area (Å²) < 4.78 is 4.64. The van der Waals surface area contributed by atoms with Crippen molar-refractivity contribution in [3.05, 3.63) is 237 Å². The molecule has 0 unspecified atom stereocenters. The lowest BCUT2D eigenvalue weighted by Crippen LogP contribution is -2.07. The van der Waals surface area contributed by atoms with E-state index >= 15 is 0 Å². The van der Waals surface area contributed by atoms with Gasteiger partial charge in [0.05, 0.1) is 33.5 Å². The van der Waals surface area contributed by atoms with Crippen molar-refractivity contribution in [1.82, 2.24) is 34.1 Å². The van der Waals surface area contributed by atoms with Gasteiger partial charge in [-0.3, -0.25) is 4.57 Å². The normalized spacial score (nSPS) is 11.5. The smallest absolute Gasteiger partial charge is 0.238 e. The van der Waals surface area contributed by atoms with E-state index in [0.29, 0.717) is 23.4 Å². The quantitative estimate of drug-likeness (QED) is 0.152. The Balaban J connectivity index is 1.05. The van der Waals surface area contributed by atoms with Gasteiger partial charge in [-0.1, -0.05) is 200 Å². The predicted molar refractivity (Wildman–Crippen MR) is 277 cm³/mol. The van der Waals surface area contributed by atoms with Crippen LogP contribution in [-0.4, -0.2) is 34.1 Å². The third-order valence-corrected chi connectivity index (χ3v) is 12.8. The Morgan fingerprint density at radius 1 is 0.250 bits per heavy atom. The van der Waals surface area contributed by atoms with E-state index in [1.54, 1.807) is 0 Å². The molecule has 7 nitrogen and oxygen atoms in total. The van der Waals surface area contributed by atoms with Gasteiger partial charge in [0, 0.05) is 55.0 Å². The summed E-state index contributed by atoms with van der Waals surface area (Å²) in [5, 5.41) is 4.53. The Morgan fingerprint density at radius 2 is 0.676 bits per heavy atom. The van der Waals surface area contributed by atoms with Crippen LogP contribution < -0.4 is 0 Å². The van der Waals surface area contributed by atoms with Gasteiger partial charge in [0.15, 0.2) is 17.5 Å². The molecule has 4 heterocycles. The number of para-hydroxylation sites is 2. The molecule has 318 valence electrons. The van der Waals surface area contributed by atoms with Gasteiger partial charge in [0.25, 0.3) is 0 Å². The second-order valence-corrected chi connectivity index (χ2v) is 16.9. The first-order valence-electron chi connectivity index (χ1n) is 22.8. The number of fused-ring (bicyclic) bond motifs is 7. The first-order valence-corrected chi connectivity index (χ1v) is 22.8. The van der Waals surface area contributed by atoms with E-state index < -0.39 is 0 Å². The third-order valence-electron chi connectivity index (χ3n) is 12.8. The van der Waals surface area contributed by atoms with Crippen molar-refractivity contribution in [2.45, 2.75) is 0 Å². The Bertz CT molecular complexity index is 3940. The molecule has 68 heavy (non-hydrogen) atoms. The molecule has 0 saturated carbocycles. The van der Waals surface area contributed by atoms with Crippen LogP contribution in [0.2, 0.25) is 0 Å².